The third kappa shape index (κ3) is 1.58. The first-order valence-electron chi connectivity index (χ1n) is 4.76. The average Bonchev–Trinajstić information content (AvgIpc) is 2.59. The van der Waals surface area contributed by atoms with Crippen LogP contribution in [0.2, 0.25) is 0 Å². The van der Waals surface area contributed by atoms with Gasteiger partial charge >= 0.3 is 0 Å². The van der Waals surface area contributed by atoms with Crippen molar-refractivity contribution in [2.45, 2.75) is 6.92 Å². The Morgan fingerprint density at radius 2 is 2.13 bits per heavy atom. The molecule has 0 aliphatic rings. The van der Waals surface area contributed by atoms with Crippen LogP contribution in [0.1, 0.15) is 16.1 Å². The second-order valence-corrected chi connectivity index (χ2v) is 3.82. The van der Waals surface area contributed by atoms with Gasteiger partial charge in [0.2, 0.25) is 0 Å². The summed E-state index contributed by atoms with van der Waals surface area (Å²) in [6.07, 6.45) is 0. The van der Waals surface area contributed by atoms with Gasteiger partial charge in [-0.05, 0) is 18.6 Å². The maximum atomic E-state index is 11.7. The first-order valence-corrected chi connectivity index (χ1v) is 4.76. The fourth-order valence-corrected chi connectivity index (χ4v) is 1.51. The molecule has 0 saturated heterocycles. The first kappa shape index (κ1) is 9.71. The van der Waals surface area contributed by atoms with Gasteiger partial charge in [0.25, 0.3) is 5.91 Å². The van der Waals surface area contributed by atoms with Crippen LogP contribution in [-0.2, 0) is 0 Å². The molecule has 1 amide bonds. The number of aromatic amines is 1. The Kier molecular flexibility index (Phi) is 2.19. The Hall–Kier alpha value is -1.84. The first-order chi connectivity index (χ1) is 7.09. The molecule has 1 aromatic heterocycles. The third-order valence-electron chi connectivity index (χ3n) is 2.33. The summed E-state index contributed by atoms with van der Waals surface area (Å²) in [5, 5.41) is 7.78. The van der Waals surface area contributed by atoms with E-state index in [4.69, 9.17) is 0 Å². The minimum atomic E-state index is -0.0786. The van der Waals surface area contributed by atoms with E-state index in [9.17, 15) is 4.79 Å². The molecule has 1 N–H and O–H groups in total. The van der Waals surface area contributed by atoms with Crippen molar-refractivity contribution in [2.24, 2.45) is 0 Å². The molecule has 2 aromatic rings. The molecule has 0 fully saturated rings. The van der Waals surface area contributed by atoms with Crippen LogP contribution in [-0.4, -0.2) is 35.1 Å². The van der Waals surface area contributed by atoms with Crippen LogP contribution in [0.4, 0.5) is 0 Å². The lowest BCUT2D eigenvalue weighted by Gasteiger charge is -2.07. The Morgan fingerprint density at radius 1 is 1.40 bits per heavy atom. The molecule has 0 unspecified atom stereocenters. The van der Waals surface area contributed by atoms with Gasteiger partial charge in [0.1, 0.15) is 0 Å². The molecule has 0 bridgehead atoms. The molecule has 0 aliphatic heterocycles. The van der Waals surface area contributed by atoms with Gasteiger partial charge in [-0.2, -0.15) is 5.10 Å². The number of aryl methyl sites for hydroxylation is 1. The number of H-pyrrole nitrogens is 1. The summed E-state index contributed by atoms with van der Waals surface area (Å²) in [4.78, 5) is 13.3. The number of nitrogens with zero attached hydrogens (tertiary/aromatic N) is 2. The Labute approximate surface area is 87.9 Å². The summed E-state index contributed by atoms with van der Waals surface area (Å²) in [7, 11) is 3.44. The van der Waals surface area contributed by atoms with E-state index in [1.54, 1.807) is 14.1 Å². The number of hydrogen-bond donors (Lipinski definition) is 1. The van der Waals surface area contributed by atoms with Crippen LogP contribution in [0, 0.1) is 6.92 Å². The highest BCUT2D eigenvalue weighted by molar-refractivity contribution is 6.04. The second kappa shape index (κ2) is 3.38. The number of nitrogens with one attached hydrogen (secondary N) is 1. The van der Waals surface area contributed by atoms with Gasteiger partial charge in [-0.15, -0.1) is 0 Å². The van der Waals surface area contributed by atoms with Gasteiger partial charge in [-0.3, -0.25) is 9.89 Å². The topological polar surface area (TPSA) is 49.0 Å². The van der Waals surface area contributed by atoms with E-state index in [1.165, 1.54) is 4.90 Å². The normalized spacial score (nSPS) is 10.6. The predicted molar refractivity (Wildman–Crippen MR) is 58.8 cm³/mol. The number of carbonyl (C=O) groups excluding carboxylic acids is 1. The van der Waals surface area contributed by atoms with E-state index in [0.717, 1.165) is 16.5 Å². The number of rotatable bonds is 1. The van der Waals surface area contributed by atoms with Crippen molar-refractivity contribution in [3.8, 4) is 0 Å². The second-order valence-electron chi connectivity index (χ2n) is 3.82. The van der Waals surface area contributed by atoms with Gasteiger partial charge in [0.05, 0.1) is 5.52 Å². The third-order valence-corrected chi connectivity index (χ3v) is 2.33. The summed E-state index contributed by atoms with van der Waals surface area (Å²) in [5.41, 5.74) is 2.53. The molecule has 4 nitrogen and oxygen atoms in total. The minimum Gasteiger partial charge on any atom is -0.343 e. The summed E-state index contributed by atoms with van der Waals surface area (Å²) in [6, 6.07) is 5.88. The highest BCUT2D eigenvalue weighted by Crippen LogP contribution is 2.17. The summed E-state index contributed by atoms with van der Waals surface area (Å²) in [5.74, 6) is -0.0786. The Bertz CT molecular complexity index is 514. The molecular weight excluding hydrogens is 190 g/mol. The van der Waals surface area contributed by atoms with Crippen molar-refractivity contribution in [1.82, 2.24) is 15.1 Å². The molecule has 78 valence electrons. The Balaban J connectivity index is 2.59. The van der Waals surface area contributed by atoms with Crippen LogP contribution >= 0.6 is 0 Å². The van der Waals surface area contributed by atoms with E-state index in [0.29, 0.717) is 5.69 Å². The lowest BCUT2D eigenvalue weighted by molar-refractivity contribution is 0.0824. The zero-order valence-corrected chi connectivity index (χ0v) is 9.03. The molecule has 0 saturated carbocycles. The zero-order chi connectivity index (χ0) is 11.0. The molecule has 2 rings (SSSR count). The van der Waals surface area contributed by atoms with Crippen LogP contribution < -0.4 is 0 Å². The molecule has 15 heavy (non-hydrogen) atoms. The van der Waals surface area contributed by atoms with E-state index >= 15 is 0 Å². The van der Waals surface area contributed by atoms with E-state index in [1.807, 2.05) is 25.1 Å². The number of hydrogen-bond acceptors (Lipinski definition) is 2. The maximum absolute atomic E-state index is 11.7. The van der Waals surface area contributed by atoms with Crippen LogP contribution in [0.25, 0.3) is 10.9 Å². The standard InChI is InChI=1S/C11H13N3O/c1-7-4-5-8-9(6-7)12-13-10(8)11(15)14(2)3/h4-6H,1-3H3,(H,12,13). The van der Waals surface area contributed by atoms with Gasteiger partial charge in [0.15, 0.2) is 5.69 Å². The highest BCUT2D eigenvalue weighted by atomic mass is 16.2. The van der Waals surface area contributed by atoms with E-state index in [-0.39, 0.29) is 5.91 Å². The lowest BCUT2D eigenvalue weighted by atomic mass is 10.1. The number of amides is 1. The molecule has 1 aromatic carbocycles. The highest BCUT2D eigenvalue weighted by Gasteiger charge is 2.15. The molecule has 4 heteroatoms. The van der Waals surface area contributed by atoms with Crippen molar-refractivity contribution in [3.63, 3.8) is 0 Å². The van der Waals surface area contributed by atoms with E-state index < -0.39 is 0 Å². The summed E-state index contributed by atoms with van der Waals surface area (Å²) in [6.45, 7) is 2.01. The zero-order valence-electron chi connectivity index (χ0n) is 9.03. The van der Waals surface area contributed by atoms with Crippen molar-refractivity contribution >= 4 is 16.8 Å². The maximum Gasteiger partial charge on any atom is 0.274 e. The molecule has 0 radical (unpaired) electrons. The SMILES string of the molecule is Cc1ccc2c(C(=O)N(C)C)n[nH]c2c1. The number of carbonyl (C=O) groups is 1. The smallest absolute Gasteiger partial charge is 0.274 e. The molecule has 0 atom stereocenters. The van der Waals surface area contributed by atoms with Crippen LogP contribution in [0.5, 0.6) is 0 Å². The number of fused-ring (bicyclic) bond motifs is 1. The molecule has 0 aliphatic carbocycles. The fraction of sp³-hybridized carbons (Fsp3) is 0.273. The van der Waals surface area contributed by atoms with Gasteiger partial charge < -0.3 is 4.90 Å². The molecular formula is C11H13N3O. The van der Waals surface area contributed by atoms with E-state index in [2.05, 4.69) is 10.2 Å². The monoisotopic (exact) mass is 203 g/mol. The quantitative estimate of drug-likeness (QED) is 0.764. The van der Waals surface area contributed by atoms with Crippen molar-refractivity contribution in [1.29, 1.82) is 0 Å². The van der Waals surface area contributed by atoms with Gasteiger partial charge in [-0.25, -0.2) is 0 Å². The lowest BCUT2D eigenvalue weighted by Crippen LogP contribution is -2.22. The number of benzene rings is 1. The van der Waals surface area contributed by atoms with Crippen molar-refractivity contribution in [3.05, 3.63) is 29.5 Å². The molecule has 0 spiro atoms. The number of aromatic nitrogens is 2. The van der Waals surface area contributed by atoms with Gasteiger partial charge in [0, 0.05) is 19.5 Å². The summed E-state index contributed by atoms with van der Waals surface area (Å²) >= 11 is 0. The predicted octanol–water partition coefficient (Wildman–Crippen LogP) is 1.57. The van der Waals surface area contributed by atoms with Crippen molar-refractivity contribution in [2.75, 3.05) is 14.1 Å². The Morgan fingerprint density at radius 3 is 2.80 bits per heavy atom. The fourth-order valence-electron chi connectivity index (χ4n) is 1.51. The van der Waals surface area contributed by atoms with Crippen LogP contribution in [0.15, 0.2) is 18.2 Å². The minimum absolute atomic E-state index is 0.0786. The van der Waals surface area contributed by atoms with Gasteiger partial charge in [-0.1, -0.05) is 12.1 Å². The average molecular weight is 203 g/mol. The molecule has 1 heterocycles. The largest absolute Gasteiger partial charge is 0.343 e. The summed E-state index contributed by atoms with van der Waals surface area (Å²) < 4.78 is 0. The van der Waals surface area contributed by atoms with Crippen molar-refractivity contribution < 1.29 is 4.79 Å². The van der Waals surface area contributed by atoms with Crippen LogP contribution in [0.3, 0.4) is 0 Å².